The topological polar surface area (TPSA) is 49.3 Å². The SMILES string of the molecule is O=C(O)CC(Cc1ccc(F)c(F)c1)NC1CCCC1. The number of carboxylic acid groups (broad SMARTS) is 1. The zero-order valence-electron chi connectivity index (χ0n) is 11.2. The Morgan fingerprint density at radius 1 is 1.30 bits per heavy atom. The summed E-state index contributed by atoms with van der Waals surface area (Å²) in [4.78, 5) is 10.9. The Kier molecular flexibility index (Phi) is 5.06. The molecule has 0 saturated heterocycles. The van der Waals surface area contributed by atoms with Crippen molar-refractivity contribution >= 4 is 5.97 Å². The standard InChI is InChI=1S/C15H19F2NO2/c16-13-6-5-10(8-14(13)17)7-12(9-15(19)20)18-11-3-1-2-4-11/h5-6,8,11-12,18H,1-4,7,9H2,(H,19,20). The van der Waals surface area contributed by atoms with Gasteiger partial charge in [-0.3, -0.25) is 4.79 Å². The van der Waals surface area contributed by atoms with E-state index in [-0.39, 0.29) is 12.5 Å². The molecule has 0 aromatic heterocycles. The molecule has 3 nitrogen and oxygen atoms in total. The van der Waals surface area contributed by atoms with Gasteiger partial charge in [0.25, 0.3) is 0 Å². The molecular weight excluding hydrogens is 264 g/mol. The van der Waals surface area contributed by atoms with Crippen molar-refractivity contribution in [2.75, 3.05) is 0 Å². The van der Waals surface area contributed by atoms with E-state index in [9.17, 15) is 13.6 Å². The van der Waals surface area contributed by atoms with Crippen molar-refractivity contribution in [1.82, 2.24) is 5.32 Å². The number of nitrogens with one attached hydrogen (secondary N) is 1. The van der Waals surface area contributed by atoms with Crippen molar-refractivity contribution in [2.24, 2.45) is 0 Å². The summed E-state index contributed by atoms with van der Waals surface area (Å²) < 4.78 is 26.1. The fraction of sp³-hybridized carbons (Fsp3) is 0.533. The number of halogens is 2. The van der Waals surface area contributed by atoms with Crippen LogP contribution in [0.5, 0.6) is 0 Å². The number of hydrogen-bond donors (Lipinski definition) is 2. The summed E-state index contributed by atoms with van der Waals surface area (Å²) in [6, 6.07) is 3.81. The predicted octanol–water partition coefficient (Wildman–Crippen LogP) is 2.88. The highest BCUT2D eigenvalue weighted by Crippen LogP contribution is 2.20. The highest BCUT2D eigenvalue weighted by Gasteiger charge is 2.21. The largest absolute Gasteiger partial charge is 0.481 e. The Morgan fingerprint density at radius 3 is 2.60 bits per heavy atom. The summed E-state index contributed by atoms with van der Waals surface area (Å²) >= 11 is 0. The second-order valence-corrected chi connectivity index (χ2v) is 5.40. The lowest BCUT2D eigenvalue weighted by Crippen LogP contribution is -2.39. The number of rotatable bonds is 6. The first-order valence-electron chi connectivity index (χ1n) is 6.96. The normalized spacial score (nSPS) is 17.3. The molecular formula is C15H19F2NO2. The fourth-order valence-electron chi connectivity index (χ4n) is 2.78. The number of aliphatic carboxylic acids is 1. The highest BCUT2D eigenvalue weighted by molar-refractivity contribution is 5.67. The summed E-state index contributed by atoms with van der Waals surface area (Å²) in [6.45, 7) is 0. The minimum atomic E-state index is -0.891. The second-order valence-electron chi connectivity index (χ2n) is 5.40. The van der Waals surface area contributed by atoms with Gasteiger partial charge >= 0.3 is 5.97 Å². The molecule has 2 N–H and O–H groups in total. The molecule has 1 aliphatic rings. The lowest BCUT2D eigenvalue weighted by molar-refractivity contribution is -0.137. The molecule has 1 aromatic carbocycles. The predicted molar refractivity (Wildman–Crippen MR) is 71.5 cm³/mol. The Balaban J connectivity index is 2.01. The molecule has 0 spiro atoms. The van der Waals surface area contributed by atoms with Crippen molar-refractivity contribution in [1.29, 1.82) is 0 Å². The van der Waals surface area contributed by atoms with Gasteiger partial charge in [-0.05, 0) is 37.0 Å². The lowest BCUT2D eigenvalue weighted by Gasteiger charge is -2.21. The average molecular weight is 283 g/mol. The van der Waals surface area contributed by atoms with E-state index >= 15 is 0 Å². The van der Waals surface area contributed by atoms with E-state index in [1.807, 2.05) is 0 Å². The molecule has 1 unspecified atom stereocenters. The molecule has 1 aromatic rings. The lowest BCUT2D eigenvalue weighted by atomic mass is 10.0. The van der Waals surface area contributed by atoms with Crippen LogP contribution >= 0.6 is 0 Å². The average Bonchev–Trinajstić information content (AvgIpc) is 2.86. The third kappa shape index (κ3) is 4.27. The molecule has 1 fully saturated rings. The monoisotopic (exact) mass is 283 g/mol. The van der Waals surface area contributed by atoms with Crippen molar-refractivity contribution in [3.63, 3.8) is 0 Å². The molecule has 20 heavy (non-hydrogen) atoms. The van der Waals surface area contributed by atoms with Crippen LogP contribution in [0, 0.1) is 11.6 Å². The van der Waals surface area contributed by atoms with Gasteiger partial charge < -0.3 is 10.4 Å². The quantitative estimate of drug-likeness (QED) is 0.844. The van der Waals surface area contributed by atoms with Crippen LogP contribution in [-0.4, -0.2) is 23.2 Å². The van der Waals surface area contributed by atoms with E-state index in [4.69, 9.17) is 5.11 Å². The Bertz CT molecular complexity index is 473. The molecule has 0 bridgehead atoms. The zero-order chi connectivity index (χ0) is 14.5. The van der Waals surface area contributed by atoms with Gasteiger partial charge in [-0.15, -0.1) is 0 Å². The molecule has 110 valence electrons. The third-order valence-corrected chi connectivity index (χ3v) is 3.71. The first kappa shape index (κ1) is 14.9. The van der Waals surface area contributed by atoms with Crippen LogP contribution in [0.4, 0.5) is 8.78 Å². The molecule has 1 atom stereocenters. The Hall–Kier alpha value is -1.49. The minimum absolute atomic E-state index is 0.0184. The van der Waals surface area contributed by atoms with Crippen molar-refractivity contribution in [2.45, 2.75) is 50.6 Å². The van der Waals surface area contributed by atoms with Gasteiger partial charge in [0.1, 0.15) is 0 Å². The third-order valence-electron chi connectivity index (χ3n) is 3.71. The summed E-state index contributed by atoms with van der Waals surface area (Å²) in [6.07, 6.45) is 4.78. The van der Waals surface area contributed by atoms with Gasteiger partial charge in [-0.1, -0.05) is 18.9 Å². The number of carboxylic acids is 1. The summed E-state index contributed by atoms with van der Waals surface area (Å²) in [5, 5.41) is 12.3. The van der Waals surface area contributed by atoms with Gasteiger partial charge in [-0.25, -0.2) is 8.78 Å². The van der Waals surface area contributed by atoms with E-state index in [0.29, 0.717) is 18.0 Å². The van der Waals surface area contributed by atoms with Crippen LogP contribution < -0.4 is 5.32 Å². The van der Waals surface area contributed by atoms with E-state index in [0.717, 1.165) is 37.8 Å². The second kappa shape index (κ2) is 6.79. The van der Waals surface area contributed by atoms with Crippen molar-refractivity contribution < 1.29 is 18.7 Å². The molecule has 1 saturated carbocycles. The van der Waals surface area contributed by atoms with Crippen LogP contribution in [0.1, 0.15) is 37.7 Å². The maximum Gasteiger partial charge on any atom is 0.304 e. The van der Waals surface area contributed by atoms with E-state index in [1.165, 1.54) is 6.07 Å². The van der Waals surface area contributed by atoms with Crippen molar-refractivity contribution in [3.05, 3.63) is 35.4 Å². The van der Waals surface area contributed by atoms with Crippen molar-refractivity contribution in [3.8, 4) is 0 Å². The summed E-state index contributed by atoms with van der Waals surface area (Å²) in [5.74, 6) is -2.66. The Labute approximate surface area is 117 Å². The van der Waals surface area contributed by atoms with Gasteiger partial charge in [0, 0.05) is 12.1 Å². The fourth-order valence-corrected chi connectivity index (χ4v) is 2.78. The smallest absolute Gasteiger partial charge is 0.304 e. The number of benzene rings is 1. The number of hydrogen-bond acceptors (Lipinski definition) is 2. The van der Waals surface area contributed by atoms with Crippen LogP contribution in [0.15, 0.2) is 18.2 Å². The molecule has 0 radical (unpaired) electrons. The zero-order valence-corrected chi connectivity index (χ0v) is 11.2. The number of carbonyl (C=O) groups is 1. The summed E-state index contributed by atoms with van der Waals surface area (Å²) in [5.41, 5.74) is 0.612. The molecule has 0 aliphatic heterocycles. The summed E-state index contributed by atoms with van der Waals surface area (Å²) in [7, 11) is 0. The molecule has 0 heterocycles. The maximum absolute atomic E-state index is 13.2. The van der Waals surface area contributed by atoms with E-state index in [1.54, 1.807) is 0 Å². The van der Waals surface area contributed by atoms with Gasteiger partial charge in [0.2, 0.25) is 0 Å². The minimum Gasteiger partial charge on any atom is -0.481 e. The highest BCUT2D eigenvalue weighted by atomic mass is 19.2. The van der Waals surface area contributed by atoms with E-state index in [2.05, 4.69) is 5.32 Å². The van der Waals surface area contributed by atoms with Gasteiger partial charge in [0.15, 0.2) is 11.6 Å². The first-order valence-corrected chi connectivity index (χ1v) is 6.96. The molecule has 2 rings (SSSR count). The molecule has 5 heteroatoms. The molecule has 0 amide bonds. The van der Waals surface area contributed by atoms with E-state index < -0.39 is 17.6 Å². The first-order chi connectivity index (χ1) is 9.54. The van der Waals surface area contributed by atoms with Gasteiger partial charge in [-0.2, -0.15) is 0 Å². The van der Waals surface area contributed by atoms with Crippen LogP contribution in [0.2, 0.25) is 0 Å². The van der Waals surface area contributed by atoms with Gasteiger partial charge in [0.05, 0.1) is 6.42 Å². The van der Waals surface area contributed by atoms with Crippen LogP contribution in [0.3, 0.4) is 0 Å². The Morgan fingerprint density at radius 2 is 2.00 bits per heavy atom. The maximum atomic E-state index is 13.2. The van der Waals surface area contributed by atoms with Crippen LogP contribution in [0.25, 0.3) is 0 Å². The van der Waals surface area contributed by atoms with Crippen LogP contribution in [-0.2, 0) is 11.2 Å². The molecule has 1 aliphatic carbocycles.